The minimum absolute atomic E-state index is 0.0282. The molecule has 4 saturated carbocycles. The lowest BCUT2D eigenvalue weighted by atomic mass is 9.49. The molecule has 1 unspecified atom stereocenters. The maximum absolute atomic E-state index is 12.9. The van der Waals surface area contributed by atoms with Crippen LogP contribution in [0.2, 0.25) is 0 Å². The minimum atomic E-state index is -0.894. The van der Waals surface area contributed by atoms with Gasteiger partial charge in [-0.1, -0.05) is 6.92 Å². The zero-order valence-electron chi connectivity index (χ0n) is 13.3. The highest BCUT2D eigenvalue weighted by Gasteiger charge is 2.54. The van der Waals surface area contributed by atoms with Gasteiger partial charge in [-0.3, -0.25) is 4.79 Å². The van der Waals surface area contributed by atoms with E-state index in [0.29, 0.717) is 24.2 Å². The average molecular weight is 325 g/mol. The standard InChI is InChI=1S/C17H27NO3S/c1-2-22-4-3-14(15(19)20)18-16(21)17-8-11-5-12(9-17)7-13(6-11)10-17/h11-14H,2-10H2,1H3,(H,18,21)(H,19,20). The number of amides is 1. The highest BCUT2D eigenvalue weighted by molar-refractivity contribution is 7.99. The third-order valence-corrected chi connectivity index (χ3v) is 6.81. The van der Waals surface area contributed by atoms with Gasteiger partial charge in [0.15, 0.2) is 0 Å². The monoisotopic (exact) mass is 325 g/mol. The van der Waals surface area contributed by atoms with E-state index in [1.54, 1.807) is 11.8 Å². The van der Waals surface area contributed by atoms with Gasteiger partial charge in [0, 0.05) is 5.41 Å². The molecule has 0 spiro atoms. The van der Waals surface area contributed by atoms with Crippen LogP contribution in [0.4, 0.5) is 0 Å². The van der Waals surface area contributed by atoms with Crippen LogP contribution in [0, 0.1) is 23.2 Å². The summed E-state index contributed by atoms with van der Waals surface area (Å²) >= 11 is 1.73. The van der Waals surface area contributed by atoms with Crippen molar-refractivity contribution >= 4 is 23.6 Å². The van der Waals surface area contributed by atoms with Crippen LogP contribution in [0.25, 0.3) is 0 Å². The maximum atomic E-state index is 12.9. The van der Waals surface area contributed by atoms with Crippen molar-refractivity contribution in [2.75, 3.05) is 11.5 Å². The predicted molar refractivity (Wildman–Crippen MR) is 87.8 cm³/mol. The van der Waals surface area contributed by atoms with Crippen molar-refractivity contribution in [3.63, 3.8) is 0 Å². The number of aliphatic carboxylic acids is 1. The largest absolute Gasteiger partial charge is 0.480 e. The van der Waals surface area contributed by atoms with Gasteiger partial charge in [-0.25, -0.2) is 4.79 Å². The highest BCUT2D eigenvalue weighted by atomic mass is 32.2. The summed E-state index contributed by atoms with van der Waals surface area (Å²) in [7, 11) is 0. The first-order valence-electron chi connectivity index (χ1n) is 8.64. The van der Waals surface area contributed by atoms with Crippen LogP contribution in [0.15, 0.2) is 0 Å². The summed E-state index contributed by atoms with van der Waals surface area (Å²) in [6.07, 6.45) is 7.36. The van der Waals surface area contributed by atoms with Crippen LogP contribution < -0.4 is 5.32 Å². The van der Waals surface area contributed by atoms with Gasteiger partial charge >= 0.3 is 5.97 Å². The maximum Gasteiger partial charge on any atom is 0.326 e. The average Bonchev–Trinajstić information content (AvgIpc) is 2.44. The molecule has 124 valence electrons. The van der Waals surface area contributed by atoms with E-state index in [0.717, 1.165) is 30.8 Å². The number of carboxylic acids is 1. The Labute approximate surface area is 136 Å². The lowest BCUT2D eigenvalue weighted by Crippen LogP contribution is -2.56. The molecule has 4 aliphatic rings. The second-order valence-electron chi connectivity index (χ2n) is 7.55. The van der Waals surface area contributed by atoms with Crippen molar-refractivity contribution in [1.82, 2.24) is 5.32 Å². The summed E-state index contributed by atoms with van der Waals surface area (Å²) in [5.41, 5.74) is -0.250. The van der Waals surface area contributed by atoms with Gasteiger partial charge in [0.05, 0.1) is 0 Å². The molecule has 0 aromatic carbocycles. The van der Waals surface area contributed by atoms with E-state index in [1.165, 1.54) is 19.3 Å². The molecule has 5 heteroatoms. The lowest BCUT2D eigenvalue weighted by molar-refractivity contribution is -0.151. The van der Waals surface area contributed by atoms with E-state index in [-0.39, 0.29) is 11.3 Å². The van der Waals surface area contributed by atoms with Crippen LogP contribution in [0.5, 0.6) is 0 Å². The molecule has 22 heavy (non-hydrogen) atoms. The van der Waals surface area contributed by atoms with E-state index in [2.05, 4.69) is 12.2 Å². The second-order valence-corrected chi connectivity index (χ2v) is 8.94. The molecule has 4 bridgehead atoms. The molecule has 0 aliphatic heterocycles. The molecule has 4 aliphatic carbocycles. The Bertz CT molecular complexity index is 416. The first kappa shape index (κ1) is 16.2. The Balaban J connectivity index is 1.64. The fourth-order valence-corrected chi connectivity index (χ4v) is 5.99. The first-order chi connectivity index (χ1) is 10.5. The third-order valence-electron chi connectivity index (χ3n) is 5.88. The van der Waals surface area contributed by atoms with Gasteiger partial charge in [0.25, 0.3) is 0 Å². The smallest absolute Gasteiger partial charge is 0.326 e. The molecule has 0 saturated heterocycles. The summed E-state index contributed by atoms with van der Waals surface area (Å²) < 4.78 is 0. The van der Waals surface area contributed by atoms with E-state index in [9.17, 15) is 14.7 Å². The molecule has 1 amide bonds. The number of rotatable bonds is 7. The molecular weight excluding hydrogens is 298 g/mol. The first-order valence-corrected chi connectivity index (χ1v) is 9.79. The summed E-state index contributed by atoms with van der Waals surface area (Å²) in [6, 6.07) is -0.723. The van der Waals surface area contributed by atoms with Crippen molar-refractivity contribution < 1.29 is 14.7 Å². The molecule has 4 nitrogen and oxygen atoms in total. The van der Waals surface area contributed by atoms with Crippen LogP contribution in [-0.2, 0) is 9.59 Å². The third kappa shape index (κ3) is 3.15. The number of nitrogens with one attached hydrogen (secondary N) is 1. The Kier molecular flexibility index (Phi) is 4.72. The molecular formula is C17H27NO3S. The van der Waals surface area contributed by atoms with Crippen molar-refractivity contribution in [3.05, 3.63) is 0 Å². The van der Waals surface area contributed by atoms with Crippen molar-refractivity contribution in [2.24, 2.45) is 23.2 Å². The zero-order chi connectivity index (χ0) is 15.7. The molecule has 0 aromatic rings. The number of carbonyl (C=O) groups excluding carboxylic acids is 1. The second kappa shape index (κ2) is 6.42. The van der Waals surface area contributed by atoms with E-state index in [1.807, 2.05) is 0 Å². The summed E-state index contributed by atoms with van der Waals surface area (Å²) in [6.45, 7) is 2.06. The molecule has 0 radical (unpaired) electrons. The fourth-order valence-electron chi connectivity index (χ4n) is 5.30. The summed E-state index contributed by atoms with van der Waals surface area (Å²) in [5.74, 6) is 3.02. The van der Waals surface area contributed by atoms with Gasteiger partial charge in [0.1, 0.15) is 6.04 Å². The number of carboxylic acid groups (broad SMARTS) is 1. The van der Waals surface area contributed by atoms with Crippen LogP contribution >= 0.6 is 11.8 Å². The van der Waals surface area contributed by atoms with Crippen LogP contribution in [-0.4, -0.2) is 34.5 Å². The van der Waals surface area contributed by atoms with Crippen LogP contribution in [0.3, 0.4) is 0 Å². The topological polar surface area (TPSA) is 66.4 Å². The minimum Gasteiger partial charge on any atom is -0.480 e. The lowest BCUT2D eigenvalue weighted by Gasteiger charge is -2.55. The molecule has 0 heterocycles. The molecule has 1 atom stereocenters. The molecule has 2 N–H and O–H groups in total. The Hall–Kier alpha value is -0.710. The van der Waals surface area contributed by atoms with Crippen molar-refractivity contribution in [1.29, 1.82) is 0 Å². The number of carbonyl (C=O) groups is 2. The van der Waals surface area contributed by atoms with E-state index >= 15 is 0 Å². The van der Waals surface area contributed by atoms with Gasteiger partial charge in [-0.15, -0.1) is 0 Å². The molecule has 4 rings (SSSR count). The van der Waals surface area contributed by atoms with Gasteiger partial charge in [-0.2, -0.15) is 11.8 Å². The van der Waals surface area contributed by atoms with Gasteiger partial charge < -0.3 is 10.4 Å². The Morgan fingerprint density at radius 1 is 1.18 bits per heavy atom. The Morgan fingerprint density at radius 2 is 1.73 bits per heavy atom. The number of hydrogen-bond donors (Lipinski definition) is 2. The van der Waals surface area contributed by atoms with Crippen molar-refractivity contribution in [2.45, 2.75) is 57.9 Å². The van der Waals surface area contributed by atoms with E-state index in [4.69, 9.17) is 0 Å². The number of hydrogen-bond acceptors (Lipinski definition) is 3. The fraction of sp³-hybridized carbons (Fsp3) is 0.882. The highest BCUT2D eigenvalue weighted by Crippen LogP contribution is 2.60. The van der Waals surface area contributed by atoms with Gasteiger partial charge in [-0.05, 0) is 74.2 Å². The van der Waals surface area contributed by atoms with E-state index < -0.39 is 12.0 Å². The predicted octanol–water partition coefficient (Wildman–Crippen LogP) is 2.92. The molecule has 4 fully saturated rings. The Morgan fingerprint density at radius 3 is 2.18 bits per heavy atom. The van der Waals surface area contributed by atoms with Crippen LogP contribution in [0.1, 0.15) is 51.9 Å². The summed E-state index contributed by atoms with van der Waals surface area (Å²) in [5, 5.41) is 12.3. The quantitative estimate of drug-likeness (QED) is 0.706. The van der Waals surface area contributed by atoms with Crippen molar-refractivity contribution in [3.8, 4) is 0 Å². The number of thioether (sulfide) groups is 1. The zero-order valence-corrected chi connectivity index (χ0v) is 14.2. The molecule has 0 aromatic heterocycles. The normalized spacial score (nSPS) is 37.0. The SMILES string of the molecule is CCSCCC(NC(=O)C12CC3CC(CC(C3)C1)C2)C(=O)O. The summed E-state index contributed by atoms with van der Waals surface area (Å²) in [4.78, 5) is 24.3. The van der Waals surface area contributed by atoms with Gasteiger partial charge in [0.2, 0.25) is 5.91 Å².